The molecule has 0 fully saturated rings. The molecule has 54 heavy (non-hydrogen) atoms. The van der Waals surface area contributed by atoms with E-state index in [1.807, 2.05) is 50.2 Å². The maximum Gasteiger partial charge on any atom is 0.261 e. The largest absolute Gasteiger partial charge is 0.275 e. The van der Waals surface area contributed by atoms with E-state index in [0.29, 0.717) is 33.0 Å². The van der Waals surface area contributed by atoms with Crippen LogP contribution < -0.4 is 0 Å². The monoisotopic (exact) mass is 710 g/mol. The molecule has 0 aliphatic carbocycles. The predicted molar refractivity (Wildman–Crippen MR) is 218 cm³/mol. The molecule has 6 heteroatoms. The van der Waals surface area contributed by atoms with Crippen LogP contribution in [-0.2, 0) is 10.8 Å². The number of fused-ring (bicyclic) bond motifs is 2. The van der Waals surface area contributed by atoms with Gasteiger partial charge in [0.1, 0.15) is 0 Å². The molecule has 4 amide bonds. The van der Waals surface area contributed by atoms with Crippen LogP contribution in [0.25, 0.3) is 65.3 Å². The van der Waals surface area contributed by atoms with Gasteiger partial charge in [-0.2, -0.15) is 0 Å². The van der Waals surface area contributed by atoms with Crippen molar-refractivity contribution >= 4 is 66.7 Å². The van der Waals surface area contributed by atoms with Gasteiger partial charge in [0.2, 0.25) is 0 Å². The summed E-state index contributed by atoms with van der Waals surface area (Å²) in [5, 5.41) is 6.49. The zero-order chi connectivity index (χ0) is 38.2. The van der Waals surface area contributed by atoms with Crippen molar-refractivity contribution in [2.45, 2.75) is 66.2 Å². The van der Waals surface area contributed by atoms with Gasteiger partial charge in [-0.15, -0.1) is 0 Å². The molecule has 0 spiro atoms. The summed E-state index contributed by atoms with van der Waals surface area (Å²) in [4.78, 5) is 59.2. The second-order valence-electron chi connectivity index (χ2n) is 16.9. The highest BCUT2D eigenvalue weighted by Crippen LogP contribution is 2.52. The molecular formula is C48H42N2O4. The fraction of sp³-hybridized carbons (Fsp3) is 0.250. The molecule has 0 unspecified atom stereocenters. The molecular weight excluding hydrogens is 669 g/mol. The minimum absolute atomic E-state index is 0.0593. The standard InChI is InChI=1S/C48H42N2O4/c1-9-49-43(51)31-21-19-29-37-30(20-22-32(40(31)37)44(49)52)39-34(26-13-17-28(18-14-26)48(6,7)8)24-36-41-35(45(53)50(10-2)46(36)54)23-33(38(29)42(39)41)25-11-15-27(16-12-25)47(3,4)5/h11-24H,9-10H2,1-8H3. The van der Waals surface area contributed by atoms with E-state index in [9.17, 15) is 19.2 Å². The van der Waals surface area contributed by atoms with Crippen molar-refractivity contribution < 1.29 is 19.2 Å². The Morgan fingerprint density at radius 1 is 0.389 bits per heavy atom. The molecule has 0 aromatic heterocycles. The summed E-state index contributed by atoms with van der Waals surface area (Å²) in [7, 11) is 0. The number of rotatable bonds is 4. The maximum atomic E-state index is 14.4. The number of hydrogen-bond acceptors (Lipinski definition) is 4. The number of imide groups is 2. The third-order valence-electron chi connectivity index (χ3n) is 11.8. The molecule has 6 nitrogen and oxygen atoms in total. The SMILES string of the molecule is CCN1C(=O)c2ccc3c4c(-c5ccc(C(C)(C)C)cc5)cc5c6c(cc(-c7ccc(C(C)(C)C)cc7)c(c7ccc(c2c37)C1=O)c64)C(=O)N(CC)C5=O. The van der Waals surface area contributed by atoms with Crippen LogP contribution in [0.1, 0.15) is 108 Å². The topological polar surface area (TPSA) is 74.8 Å². The van der Waals surface area contributed by atoms with Crippen LogP contribution in [0, 0.1) is 0 Å². The van der Waals surface area contributed by atoms with Gasteiger partial charge >= 0.3 is 0 Å². The zero-order valence-corrected chi connectivity index (χ0v) is 32.0. The van der Waals surface area contributed by atoms with Crippen LogP contribution in [0.2, 0.25) is 0 Å². The van der Waals surface area contributed by atoms with E-state index in [1.54, 1.807) is 0 Å². The summed E-state index contributed by atoms with van der Waals surface area (Å²) < 4.78 is 0. The Bertz CT molecular complexity index is 2630. The Hall–Kier alpha value is -5.88. The molecule has 0 saturated heterocycles. The Balaban J connectivity index is 1.53. The van der Waals surface area contributed by atoms with Crippen LogP contribution in [0.5, 0.6) is 0 Å². The summed E-state index contributed by atoms with van der Waals surface area (Å²) in [5.41, 5.74) is 7.83. The van der Waals surface area contributed by atoms with E-state index in [0.717, 1.165) is 54.6 Å². The summed E-state index contributed by atoms with van der Waals surface area (Å²) >= 11 is 0. The third kappa shape index (κ3) is 4.52. The number of benzene rings is 7. The summed E-state index contributed by atoms with van der Waals surface area (Å²) in [6, 6.07) is 28.6. The molecule has 2 aliphatic heterocycles. The lowest BCUT2D eigenvalue weighted by Crippen LogP contribution is -2.40. The molecule has 0 saturated carbocycles. The van der Waals surface area contributed by atoms with E-state index in [1.165, 1.54) is 20.9 Å². The van der Waals surface area contributed by atoms with Crippen molar-refractivity contribution in [1.82, 2.24) is 9.80 Å². The van der Waals surface area contributed by atoms with Crippen molar-refractivity contribution in [3.63, 3.8) is 0 Å². The van der Waals surface area contributed by atoms with Gasteiger partial charge in [-0.3, -0.25) is 29.0 Å². The van der Waals surface area contributed by atoms with E-state index in [4.69, 9.17) is 0 Å². The fourth-order valence-corrected chi connectivity index (χ4v) is 8.90. The van der Waals surface area contributed by atoms with Gasteiger partial charge in [0.25, 0.3) is 23.6 Å². The number of carbonyl (C=O) groups excluding carboxylic acids is 4. The lowest BCUT2D eigenvalue weighted by atomic mass is 9.77. The maximum absolute atomic E-state index is 14.4. The molecule has 268 valence electrons. The number of amides is 4. The third-order valence-corrected chi connectivity index (χ3v) is 11.8. The Morgan fingerprint density at radius 3 is 1.09 bits per heavy atom. The summed E-state index contributed by atoms with van der Waals surface area (Å²) in [5.74, 6) is -1.23. The van der Waals surface area contributed by atoms with Gasteiger partial charge in [-0.05, 0) is 109 Å². The van der Waals surface area contributed by atoms with Crippen molar-refractivity contribution in [3.05, 3.63) is 118 Å². The highest BCUT2D eigenvalue weighted by Gasteiger charge is 2.38. The minimum Gasteiger partial charge on any atom is -0.275 e. The molecule has 0 bridgehead atoms. The fourth-order valence-electron chi connectivity index (χ4n) is 8.90. The average Bonchev–Trinajstić information content (AvgIpc) is 3.15. The Labute approximate surface area is 314 Å². The number of hydrogen-bond donors (Lipinski definition) is 0. The molecule has 2 heterocycles. The van der Waals surface area contributed by atoms with Gasteiger partial charge in [-0.25, -0.2) is 0 Å². The average molecular weight is 711 g/mol. The first-order valence-electron chi connectivity index (χ1n) is 18.9. The molecule has 9 rings (SSSR count). The smallest absolute Gasteiger partial charge is 0.261 e. The molecule has 7 aromatic rings. The second-order valence-corrected chi connectivity index (χ2v) is 16.9. The molecule has 0 N–H and O–H groups in total. The normalized spacial score (nSPS) is 14.9. The Morgan fingerprint density at radius 2 is 0.741 bits per heavy atom. The molecule has 0 radical (unpaired) electrons. The van der Waals surface area contributed by atoms with Crippen LogP contribution in [0.3, 0.4) is 0 Å². The lowest BCUT2D eigenvalue weighted by molar-refractivity contribution is 0.0603. The minimum atomic E-state index is -0.311. The summed E-state index contributed by atoms with van der Waals surface area (Å²) in [6.45, 7) is 17.3. The van der Waals surface area contributed by atoms with Gasteiger partial charge in [0.05, 0.1) is 0 Å². The molecule has 2 aliphatic rings. The van der Waals surface area contributed by atoms with Crippen LogP contribution in [0.4, 0.5) is 0 Å². The highest BCUT2D eigenvalue weighted by molar-refractivity contribution is 6.44. The first kappa shape index (κ1) is 33.9. The van der Waals surface area contributed by atoms with E-state index in [-0.39, 0.29) is 47.5 Å². The van der Waals surface area contributed by atoms with Crippen molar-refractivity contribution in [2.75, 3.05) is 13.1 Å². The molecule has 0 atom stereocenters. The van der Waals surface area contributed by atoms with Crippen molar-refractivity contribution in [3.8, 4) is 22.3 Å². The quantitative estimate of drug-likeness (QED) is 0.104. The van der Waals surface area contributed by atoms with E-state index in [2.05, 4.69) is 90.1 Å². The van der Waals surface area contributed by atoms with Crippen LogP contribution in [0.15, 0.2) is 84.9 Å². The second kappa shape index (κ2) is 11.3. The highest BCUT2D eigenvalue weighted by atomic mass is 16.2. The Kier molecular flexibility index (Phi) is 7.11. The van der Waals surface area contributed by atoms with Crippen molar-refractivity contribution in [2.24, 2.45) is 0 Å². The van der Waals surface area contributed by atoms with Gasteiger partial charge in [0, 0.05) is 51.5 Å². The number of carbonyl (C=O) groups is 4. The molecule has 7 aromatic carbocycles. The van der Waals surface area contributed by atoms with E-state index < -0.39 is 0 Å². The zero-order valence-electron chi connectivity index (χ0n) is 32.0. The van der Waals surface area contributed by atoms with Crippen LogP contribution >= 0.6 is 0 Å². The number of nitrogens with zero attached hydrogens (tertiary/aromatic N) is 2. The van der Waals surface area contributed by atoms with Gasteiger partial charge < -0.3 is 0 Å². The lowest BCUT2D eigenvalue weighted by Gasteiger charge is -2.31. The first-order chi connectivity index (χ1) is 25.6. The first-order valence-corrected chi connectivity index (χ1v) is 18.9. The predicted octanol–water partition coefficient (Wildman–Crippen LogP) is 10.9. The van der Waals surface area contributed by atoms with Gasteiger partial charge in [-0.1, -0.05) is 102 Å². The van der Waals surface area contributed by atoms with Crippen LogP contribution in [-0.4, -0.2) is 46.5 Å². The van der Waals surface area contributed by atoms with Crippen molar-refractivity contribution in [1.29, 1.82) is 0 Å². The summed E-state index contributed by atoms with van der Waals surface area (Å²) in [6.07, 6.45) is 0. The van der Waals surface area contributed by atoms with Gasteiger partial charge in [0.15, 0.2) is 0 Å². The van der Waals surface area contributed by atoms with E-state index >= 15 is 0 Å².